The highest BCUT2D eigenvalue weighted by molar-refractivity contribution is 5.40. The van der Waals surface area contributed by atoms with Gasteiger partial charge >= 0.3 is 0 Å². The number of piperidine rings is 1. The fraction of sp³-hybridized carbons (Fsp3) is 0.647. The minimum absolute atomic E-state index is 0.353. The summed E-state index contributed by atoms with van der Waals surface area (Å²) >= 11 is 0. The first-order valence-corrected chi connectivity index (χ1v) is 8.00. The molecule has 0 spiro atoms. The van der Waals surface area contributed by atoms with Crippen molar-refractivity contribution in [2.75, 3.05) is 26.2 Å². The quantitative estimate of drug-likeness (QED) is 0.891. The lowest BCUT2D eigenvalue weighted by Gasteiger charge is -2.38. The molecule has 3 atom stereocenters. The van der Waals surface area contributed by atoms with Crippen molar-refractivity contribution in [3.8, 4) is 5.75 Å². The average molecular weight is 272 g/mol. The molecule has 3 heterocycles. The molecular weight excluding hydrogens is 248 g/mol. The fourth-order valence-corrected chi connectivity index (χ4v) is 4.20. The molecule has 1 aromatic rings. The number of benzene rings is 1. The van der Waals surface area contributed by atoms with E-state index >= 15 is 0 Å². The van der Waals surface area contributed by atoms with Crippen LogP contribution >= 0.6 is 0 Å². The van der Waals surface area contributed by atoms with E-state index in [9.17, 15) is 0 Å². The summed E-state index contributed by atoms with van der Waals surface area (Å²) in [5, 5.41) is 3.56. The van der Waals surface area contributed by atoms with Crippen molar-refractivity contribution in [3.05, 3.63) is 29.3 Å². The zero-order valence-electron chi connectivity index (χ0n) is 12.3. The third-order valence-corrected chi connectivity index (χ3v) is 5.19. The Kier molecular flexibility index (Phi) is 3.20. The zero-order valence-corrected chi connectivity index (χ0v) is 12.3. The van der Waals surface area contributed by atoms with Crippen LogP contribution in [0.3, 0.4) is 0 Å². The Balaban J connectivity index is 1.43. The van der Waals surface area contributed by atoms with Crippen LogP contribution in [0.1, 0.15) is 24.0 Å². The molecule has 20 heavy (non-hydrogen) atoms. The molecule has 3 nitrogen and oxygen atoms in total. The van der Waals surface area contributed by atoms with Gasteiger partial charge in [-0.15, -0.1) is 0 Å². The van der Waals surface area contributed by atoms with Crippen LogP contribution in [0, 0.1) is 12.8 Å². The Labute approximate surface area is 121 Å². The number of fused-ring (bicyclic) bond motifs is 2. The Morgan fingerprint density at radius 2 is 2.30 bits per heavy atom. The van der Waals surface area contributed by atoms with E-state index in [1.807, 2.05) is 0 Å². The SMILES string of the molecule is Cc1ccc2c(c1)CC(CN1CCCC3CNCC31)O2. The smallest absolute Gasteiger partial charge is 0.123 e. The van der Waals surface area contributed by atoms with Gasteiger partial charge in [0.15, 0.2) is 0 Å². The molecule has 3 aliphatic rings. The molecule has 0 aromatic heterocycles. The van der Waals surface area contributed by atoms with Crippen LogP contribution in [-0.2, 0) is 6.42 Å². The van der Waals surface area contributed by atoms with E-state index in [4.69, 9.17) is 4.74 Å². The van der Waals surface area contributed by atoms with Crippen molar-refractivity contribution in [2.24, 2.45) is 5.92 Å². The molecule has 108 valence electrons. The molecule has 0 amide bonds. The highest BCUT2D eigenvalue weighted by Crippen LogP contribution is 2.32. The van der Waals surface area contributed by atoms with Crippen LogP contribution < -0.4 is 10.1 Å². The molecular formula is C17H24N2O. The van der Waals surface area contributed by atoms with Crippen LogP contribution in [0.5, 0.6) is 5.75 Å². The molecule has 2 fully saturated rings. The highest BCUT2D eigenvalue weighted by atomic mass is 16.5. The Morgan fingerprint density at radius 3 is 3.25 bits per heavy atom. The maximum Gasteiger partial charge on any atom is 0.123 e. The predicted octanol–water partition coefficient (Wildman–Crippen LogP) is 1.98. The van der Waals surface area contributed by atoms with Gasteiger partial charge in [0.25, 0.3) is 0 Å². The summed E-state index contributed by atoms with van der Waals surface area (Å²) in [5.74, 6) is 1.98. The molecule has 0 saturated carbocycles. The lowest BCUT2D eigenvalue weighted by molar-refractivity contribution is 0.0771. The van der Waals surface area contributed by atoms with Crippen LogP contribution in [-0.4, -0.2) is 43.2 Å². The largest absolute Gasteiger partial charge is 0.488 e. The van der Waals surface area contributed by atoms with E-state index in [0.717, 1.165) is 30.7 Å². The van der Waals surface area contributed by atoms with Crippen molar-refractivity contribution in [2.45, 2.75) is 38.3 Å². The minimum Gasteiger partial charge on any atom is -0.488 e. The number of likely N-dealkylation sites (tertiary alicyclic amines) is 1. The van der Waals surface area contributed by atoms with Crippen molar-refractivity contribution < 1.29 is 4.74 Å². The number of nitrogens with zero attached hydrogens (tertiary/aromatic N) is 1. The van der Waals surface area contributed by atoms with Gasteiger partial charge < -0.3 is 10.1 Å². The first-order valence-electron chi connectivity index (χ1n) is 8.00. The maximum absolute atomic E-state index is 6.15. The number of ether oxygens (including phenoxy) is 1. The second-order valence-corrected chi connectivity index (χ2v) is 6.68. The second-order valence-electron chi connectivity index (χ2n) is 6.68. The second kappa shape index (κ2) is 5.05. The van der Waals surface area contributed by atoms with E-state index in [1.54, 1.807) is 0 Å². The van der Waals surface area contributed by atoms with E-state index in [0.29, 0.717) is 6.10 Å². The van der Waals surface area contributed by atoms with Gasteiger partial charge in [-0.1, -0.05) is 17.7 Å². The predicted molar refractivity (Wildman–Crippen MR) is 80.3 cm³/mol. The summed E-state index contributed by atoms with van der Waals surface area (Å²) in [7, 11) is 0. The minimum atomic E-state index is 0.353. The molecule has 3 aliphatic heterocycles. The topological polar surface area (TPSA) is 24.5 Å². The number of aryl methyl sites for hydroxylation is 1. The first kappa shape index (κ1) is 12.7. The zero-order chi connectivity index (χ0) is 13.5. The van der Waals surface area contributed by atoms with Crippen LogP contribution in [0.25, 0.3) is 0 Å². The van der Waals surface area contributed by atoms with Gasteiger partial charge in [0, 0.05) is 25.6 Å². The van der Waals surface area contributed by atoms with E-state index in [2.05, 4.69) is 35.3 Å². The summed E-state index contributed by atoms with van der Waals surface area (Å²) in [6, 6.07) is 7.32. The van der Waals surface area contributed by atoms with Crippen LogP contribution in [0.15, 0.2) is 18.2 Å². The number of rotatable bonds is 2. The van der Waals surface area contributed by atoms with Gasteiger partial charge in [-0.05, 0) is 50.4 Å². The highest BCUT2D eigenvalue weighted by Gasteiger charge is 2.37. The van der Waals surface area contributed by atoms with Crippen LogP contribution in [0.2, 0.25) is 0 Å². The Morgan fingerprint density at radius 1 is 1.35 bits per heavy atom. The first-order chi connectivity index (χ1) is 9.79. The van der Waals surface area contributed by atoms with Gasteiger partial charge in [0.1, 0.15) is 11.9 Å². The fourth-order valence-electron chi connectivity index (χ4n) is 4.20. The summed E-state index contributed by atoms with van der Waals surface area (Å²) in [4.78, 5) is 2.68. The molecule has 0 bridgehead atoms. The van der Waals surface area contributed by atoms with Gasteiger partial charge in [-0.2, -0.15) is 0 Å². The van der Waals surface area contributed by atoms with Gasteiger partial charge in [-0.25, -0.2) is 0 Å². The van der Waals surface area contributed by atoms with Crippen LogP contribution in [0.4, 0.5) is 0 Å². The molecule has 1 N–H and O–H groups in total. The van der Waals surface area contributed by atoms with Gasteiger partial charge in [0.2, 0.25) is 0 Å². The Bertz CT molecular complexity index is 502. The summed E-state index contributed by atoms with van der Waals surface area (Å²) in [6.07, 6.45) is 4.19. The van der Waals surface area contributed by atoms with E-state index in [1.165, 1.54) is 43.6 Å². The maximum atomic E-state index is 6.15. The van der Waals surface area contributed by atoms with Gasteiger partial charge in [0.05, 0.1) is 0 Å². The normalized spacial score (nSPS) is 32.8. The lowest BCUT2D eigenvalue weighted by atomic mass is 9.91. The lowest BCUT2D eigenvalue weighted by Crippen LogP contribution is -2.48. The standard InChI is InChI=1S/C17H24N2O/c1-12-4-5-17-14(7-12)8-15(20-17)11-19-6-2-3-13-9-18-10-16(13)19/h4-5,7,13,15-16,18H,2-3,6,8-11H2,1H3. The van der Waals surface area contributed by atoms with E-state index < -0.39 is 0 Å². The molecule has 4 rings (SSSR count). The van der Waals surface area contributed by atoms with Crippen molar-refractivity contribution in [3.63, 3.8) is 0 Å². The third-order valence-electron chi connectivity index (χ3n) is 5.19. The van der Waals surface area contributed by atoms with Gasteiger partial charge in [-0.3, -0.25) is 4.90 Å². The van der Waals surface area contributed by atoms with E-state index in [-0.39, 0.29) is 0 Å². The van der Waals surface area contributed by atoms with Crippen molar-refractivity contribution in [1.29, 1.82) is 0 Å². The Hall–Kier alpha value is -1.06. The molecule has 2 saturated heterocycles. The molecule has 3 unspecified atom stereocenters. The summed E-state index contributed by atoms with van der Waals surface area (Å²) in [6.45, 7) is 6.89. The average Bonchev–Trinajstić information content (AvgIpc) is 3.04. The number of hydrogen-bond acceptors (Lipinski definition) is 3. The number of nitrogens with one attached hydrogen (secondary N) is 1. The van der Waals surface area contributed by atoms with Crippen molar-refractivity contribution >= 4 is 0 Å². The molecule has 1 aromatic carbocycles. The molecule has 0 aliphatic carbocycles. The molecule has 3 heteroatoms. The number of hydrogen-bond donors (Lipinski definition) is 1. The summed E-state index contributed by atoms with van der Waals surface area (Å²) in [5.41, 5.74) is 2.74. The third kappa shape index (κ3) is 2.23. The van der Waals surface area contributed by atoms with Crippen molar-refractivity contribution in [1.82, 2.24) is 10.2 Å². The molecule has 0 radical (unpaired) electrons. The summed E-state index contributed by atoms with van der Waals surface area (Å²) < 4.78 is 6.15. The monoisotopic (exact) mass is 272 g/mol.